The van der Waals surface area contributed by atoms with E-state index in [1.165, 1.54) is 32.1 Å². The van der Waals surface area contributed by atoms with Crippen LogP contribution in [0.15, 0.2) is 0 Å². The number of carbonyl (C=O) groups is 1. The van der Waals surface area contributed by atoms with E-state index >= 15 is 0 Å². The molecule has 0 aromatic heterocycles. The molecule has 1 unspecified atom stereocenters. The molecule has 0 N–H and O–H groups in total. The van der Waals surface area contributed by atoms with Crippen molar-refractivity contribution in [3.05, 3.63) is 0 Å². The Balaban J connectivity index is 1.54. The van der Waals surface area contributed by atoms with Crippen LogP contribution in [0, 0.1) is 23.7 Å². The highest BCUT2D eigenvalue weighted by Crippen LogP contribution is 2.54. The van der Waals surface area contributed by atoms with E-state index in [-0.39, 0.29) is 12.3 Å². The second kappa shape index (κ2) is 5.43. The number of rotatable bonds is 5. The first-order chi connectivity index (χ1) is 9.15. The van der Waals surface area contributed by atoms with Gasteiger partial charge in [-0.3, -0.25) is 4.79 Å². The summed E-state index contributed by atoms with van der Waals surface area (Å²) < 4.78 is 11.4. The Labute approximate surface area is 116 Å². The van der Waals surface area contributed by atoms with Crippen LogP contribution in [-0.2, 0) is 14.3 Å². The molecular formula is C16H26O3. The van der Waals surface area contributed by atoms with Crippen molar-refractivity contribution < 1.29 is 14.3 Å². The molecule has 4 rings (SSSR count). The van der Waals surface area contributed by atoms with Gasteiger partial charge < -0.3 is 9.47 Å². The van der Waals surface area contributed by atoms with E-state index in [0.29, 0.717) is 12.5 Å². The Hall–Kier alpha value is -0.570. The predicted molar refractivity (Wildman–Crippen MR) is 72.4 cm³/mol. The summed E-state index contributed by atoms with van der Waals surface area (Å²) in [6.45, 7) is 3.86. The fourth-order valence-electron chi connectivity index (χ4n) is 4.79. The van der Waals surface area contributed by atoms with E-state index in [1.54, 1.807) is 0 Å². The molecule has 0 spiro atoms. The zero-order chi connectivity index (χ0) is 13.4. The van der Waals surface area contributed by atoms with E-state index in [9.17, 15) is 4.79 Å². The van der Waals surface area contributed by atoms with E-state index in [0.717, 1.165) is 30.1 Å². The summed E-state index contributed by atoms with van der Waals surface area (Å²) in [7, 11) is 0. The fraction of sp³-hybridized carbons (Fsp3) is 0.938. The Morgan fingerprint density at radius 2 is 1.68 bits per heavy atom. The molecule has 108 valence electrons. The van der Waals surface area contributed by atoms with Gasteiger partial charge in [-0.05, 0) is 69.1 Å². The van der Waals surface area contributed by atoms with Gasteiger partial charge in [-0.1, -0.05) is 6.92 Å². The molecule has 0 aromatic rings. The summed E-state index contributed by atoms with van der Waals surface area (Å²) in [4.78, 5) is 11.5. The number of hydrogen-bond donors (Lipinski definition) is 0. The summed E-state index contributed by atoms with van der Waals surface area (Å²) in [5, 5.41) is 0. The topological polar surface area (TPSA) is 35.5 Å². The summed E-state index contributed by atoms with van der Waals surface area (Å²) in [6, 6.07) is 0. The van der Waals surface area contributed by atoms with Crippen LogP contribution >= 0.6 is 0 Å². The maximum atomic E-state index is 11.5. The van der Waals surface area contributed by atoms with Gasteiger partial charge in [0.1, 0.15) is 0 Å². The smallest absolute Gasteiger partial charge is 0.308 e. The molecule has 19 heavy (non-hydrogen) atoms. The van der Waals surface area contributed by atoms with Crippen molar-refractivity contribution in [2.24, 2.45) is 23.7 Å². The van der Waals surface area contributed by atoms with Crippen LogP contribution in [-0.4, -0.2) is 18.4 Å². The third-order valence-corrected chi connectivity index (χ3v) is 5.24. The van der Waals surface area contributed by atoms with Crippen LogP contribution in [0.2, 0.25) is 0 Å². The third kappa shape index (κ3) is 2.81. The van der Waals surface area contributed by atoms with Gasteiger partial charge in [0.2, 0.25) is 0 Å². The summed E-state index contributed by atoms with van der Waals surface area (Å²) in [5.74, 6) is 3.24. The van der Waals surface area contributed by atoms with Crippen LogP contribution in [0.3, 0.4) is 0 Å². The van der Waals surface area contributed by atoms with Gasteiger partial charge in [-0.15, -0.1) is 0 Å². The first-order valence-electron chi connectivity index (χ1n) is 8.00. The lowest BCUT2D eigenvalue weighted by molar-refractivity contribution is -0.219. The van der Waals surface area contributed by atoms with Gasteiger partial charge in [0.15, 0.2) is 6.29 Å². The van der Waals surface area contributed by atoms with Crippen molar-refractivity contribution >= 4 is 5.97 Å². The van der Waals surface area contributed by atoms with Gasteiger partial charge in [0.05, 0.1) is 6.10 Å². The highest BCUT2D eigenvalue weighted by atomic mass is 16.7. The van der Waals surface area contributed by atoms with Crippen LogP contribution < -0.4 is 0 Å². The summed E-state index contributed by atoms with van der Waals surface area (Å²) >= 11 is 0. The van der Waals surface area contributed by atoms with Crippen molar-refractivity contribution in [3.63, 3.8) is 0 Å². The fourth-order valence-corrected chi connectivity index (χ4v) is 4.79. The average Bonchev–Trinajstić information content (AvgIpc) is 2.33. The van der Waals surface area contributed by atoms with Gasteiger partial charge in [-0.25, -0.2) is 0 Å². The summed E-state index contributed by atoms with van der Waals surface area (Å²) in [6.07, 6.45) is 8.12. The van der Waals surface area contributed by atoms with Gasteiger partial charge in [-0.2, -0.15) is 0 Å². The molecular weight excluding hydrogens is 240 g/mol. The third-order valence-electron chi connectivity index (χ3n) is 5.24. The van der Waals surface area contributed by atoms with Crippen molar-refractivity contribution in [1.29, 1.82) is 0 Å². The Bertz CT molecular complexity index is 311. The van der Waals surface area contributed by atoms with Crippen molar-refractivity contribution in [3.8, 4) is 0 Å². The quantitative estimate of drug-likeness (QED) is 0.564. The Morgan fingerprint density at radius 3 is 2.21 bits per heavy atom. The van der Waals surface area contributed by atoms with Crippen molar-refractivity contribution in [2.75, 3.05) is 0 Å². The Morgan fingerprint density at radius 1 is 1.11 bits per heavy atom. The maximum absolute atomic E-state index is 11.5. The molecule has 0 aromatic carbocycles. The van der Waals surface area contributed by atoms with Crippen molar-refractivity contribution in [1.82, 2.24) is 0 Å². The van der Waals surface area contributed by atoms with Gasteiger partial charge in [0.25, 0.3) is 0 Å². The molecule has 4 bridgehead atoms. The highest BCUT2D eigenvalue weighted by Gasteiger charge is 2.49. The number of esters is 1. The van der Waals surface area contributed by atoms with E-state index in [4.69, 9.17) is 9.47 Å². The van der Waals surface area contributed by atoms with Crippen LogP contribution in [0.5, 0.6) is 0 Å². The SMILES string of the molecule is CCCC(=O)OC(C)OC1C2CC3CC(C2)CC1C3. The monoisotopic (exact) mass is 266 g/mol. The van der Waals surface area contributed by atoms with Crippen molar-refractivity contribution in [2.45, 2.75) is 71.2 Å². The zero-order valence-corrected chi connectivity index (χ0v) is 12.1. The molecule has 4 fully saturated rings. The van der Waals surface area contributed by atoms with Crippen LogP contribution in [0.4, 0.5) is 0 Å². The molecule has 1 atom stereocenters. The van der Waals surface area contributed by atoms with Gasteiger partial charge >= 0.3 is 5.97 Å². The Kier molecular flexibility index (Phi) is 3.84. The van der Waals surface area contributed by atoms with Gasteiger partial charge in [0, 0.05) is 6.42 Å². The lowest BCUT2D eigenvalue weighted by atomic mass is 9.55. The second-order valence-corrected chi connectivity index (χ2v) is 6.84. The van der Waals surface area contributed by atoms with E-state index in [2.05, 4.69) is 0 Å². The number of hydrogen-bond acceptors (Lipinski definition) is 3. The molecule has 0 radical (unpaired) electrons. The minimum absolute atomic E-state index is 0.126. The lowest BCUT2D eigenvalue weighted by Gasteiger charge is -2.54. The molecule has 4 aliphatic carbocycles. The van der Waals surface area contributed by atoms with E-state index < -0.39 is 0 Å². The molecule has 0 aliphatic heterocycles. The van der Waals surface area contributed by atoms with E-state index in [1.807, 2.05) is 13.8 Å². The highest BCUT2D eigenvalue weighted by molar-refractivity contribution is 5.69. The normalized spacial score (nSPS) is 41.3. The second-order valence-electron chi connectivity index (χ2n) is 6.84. The standard InChI is InChI=1S/C16H26O3/c1-3-4-15(17)18-10(2)19-16-13-6-11-5-12(8-13)9-14(16)7-11/h10-14,16H,3-9H2,1-2H3. The first kappa shape index (κ1) is 13.4. The minimum Gasteiger partial charge on any atom is -0.436 e. The molecule has 4 saturated carbocycles. The molecule has 3 heteroatoms. The minimum atomic E-state index is -0.374. The molecule has 0 amide bonds. The van der Waals surface area contributed by atoms with Crippen LogP contribution in [0.1, 0.15) is 58.8 Å². The van der Waals surface area contributed by atoms with Crippen LogP contribution in [0.25, 0.3) is 0 Å². The number of carbonyl (C=O) groups excluding carboxylic acids is 1. The molecule has 0 heterocycles. The molecule has 4 aliphatic rings. The zero-order valence-electron chi connectivity index (χ0n) is 12.1. The maximum Gasteiger partial charge on any atom is 0.308 e. The predicted octanol–water partition coefficient (Wildman–Crippen LogP) is 3.52. The average molecular weight is 266 g/mol. The molecule has 0 saturated heterocycles. The summed E-state index contributed by atoms with van der Waals surface area (Å²) in [5.41, 5.74) is 0. The largest absolute Gasteiger partial charge is 0.436 e. The number of ether oxygens (including phenoxy) is 2. The lowest BCUT2D eigenvalue weighted by Crippen LogP contribution is -2.50. The first-order valence-corrected chi connectivity index (χ1v) is 8.00. The molecule has 3 nitrogen and oxygen atoms in total.